The number of hydrogen-bond donors (Lipinski definition) is 0. The molecule has 1 fully saturated rings. The van der Waals surface area contributed by atoms with Crippen LogP contribution in [-0.2, 0) is 14.8 Å². The largest absolute Gasteiger partial charge is 0.370 e. The summed E-state index contributed by atoms with van der Waals surface area (Å²) in [6.45, 7) is 8.32. The van der Waals surface area contributed by atoms with Gasteiger partial charge < -0.3 is 4.74 Å². The van der Waals surface area contributed by atoms with Crippen molar-refractivity contribution in [3.05, 3.63) is 77.9 Å². The van der Waals surface area contributed by atoms with Crippen LogP contribution < -0.4 is 0 Å². The number of rotatable bonds is 4. The van der Waals surface area contributed by atoms with E-state index in [9.17, 15) is 8.42 Å². The first-order chi connectivity index (χ1) is 11.9. The molecule has 1 aliphatic rings. The molecule has 2 atom stereocenters. The molecule has 0 saturated carbocycles. The highest BCUT2D eigenvalue weighted by molar-refractivity contribution is 7.89. The molecule has 0 aliphatic carbocycles. The summed E-state index contributed by atoms with van der Waals surface area (Å²) in [6, 6.07) is 16.3. The molecule has 3 rings (SSSR count). The summed E-state index contributed by atoms with van der Waals surface area (Å²) in [4.78, 5) is 0.304. The van der Waals surface area contributed by atoms with Gasteiger partial charge in [0.05, 0.1) is 23.6 Å². The maximum absolute atomic E-state index is 13.2. The molecule has 1 aliphatic heterocycles. The Labute approximate surface area is 149 Å². The zero-order chi connectivity index (χ0) is 18.0. The van der Waals surface area contributed by atoms with Gasteiger partial charge in [0.15, 0.2) is 0 Å². The molecule has 0 spiro atoms. The van der Waals surface area contributed by atoms with Crippen LogP contribution in [0.15, 0.2) is 71.6 Å². The van der Waals surface area contributed by atoms with Crippen LogP contribution in [0.25, 0.3) is 0 Å². The fourth-order valence-corrected chi connectivity index (χ4v) is 4.66. The molecule has 0 N–H and O–H groups in total. The summed E-state index contributed by atoms with van der Waals surface area (Å²) in [5.41, 5.74) is 2.79. The average Bonchev–Trinajstić information content (AvgIpc) is 2.62. The molecule has 4 nitrogen and oxygen atoms in total. The zero-order valence-electron chi connectivity index (χ0n) is 14.6. The van der Waals surface area contributed by atoms with Crippen molar-refractivity contribution in [2.45, 2.75) is 30.9 Å². The predicted molar refractivity (Wildman–Crippen MR) is 98.8 cm³/mol. The van der Waals surface area contributed by atoms with E-state index in [0.29, 0.717) is 11.5 Å². The molecule has 0 radical (unpaired) electrons. The molecule has 5 heteroatoms. The van der Waals surface area contributed by atoms with Crippen LogP contribution in [0.2, 0.25) is 0 Å². The molecule has 0 amide bonds. The molecule has 1 saturated heterocycles. The quantitative estimate of drug-likeness (QED) is 0.784. The van der Waals surface area contributed by atoms with Gasteiger partial charge in [-0.05, 0) is 31.5 Å². The molecule has 25 heavy (non-hydrogen) atoms. The van der Waals surface area contributed by atoms with Crippen molar-refractivity contribution in [3.63, 3.8) is 0 Å². The Morgan fingerprint density at radius 2 is 1.76 bits per heavy atom. The number of hydrogen-bond acceptors (Lipinski definition) is 3. The van der Waals surface area contributed by atoms with Gasteiger partial charge in [-0.1, -0.05) is 60.2 Å². The van der Waals surface area contributed by atoms with Gasteiger partial charge in [0.2, 0.25) is 10.0 Å². The van der Waals surface area contributed by atoms with E-state index in [1.165, 1.54) is 4.31 Å². The number of ether oxygens (including phenoxy) is 1. The fourth-order valence-electron chi connectivity index (χ4n) is 3.00. The lowest BCUT2D eigenvalue weighted by Gasteiger charge is -2.39. The topological polar surface area (TPSA) is 46.6 Å². The number of benzene rings is 2. The number of nitrogens with zero attached hydrogens (tertiary/aromatic N) is 1. The summed E-state index contributed by atoms with van der Waals surface area (Å²) in [5, 5.41) is 0. The SMILES string of the molecule is C=C(C)[C@H]1CO[C@@H](c2ccccc2)CN1S(=O)(=O)c1ccc(C)cc1. The van der Waals surface area contributed by atoms with Crippen LogP contribution in [0, 0.1) is 6.92 Å². The average molecular weight is 357 g/mol. The third-order valence-corrected chi connectivity index (χ3v) is 6.41. The normalized spacial score (nSPS) is 21.8. The van der Waals surface area contributed by atoms with Crippen LogP contribution >= 0.6 is 0 Å². The molecule has 132 valence electrons. The Balaban J connectivity index is 1.96. The van der Waals surface area contributed by atoms with Crippen LogP contribution in [0.4, 0.5) is 0 Å². The van der Waals surface area contributed by atoms with Crippen molar-refractivity contribution in [2.24, 2.45) is 0 Å². The third kappa shape index (κ3) is 3.68. The molecule has 2 aromatic rings. The van der Waals surface area contributed by atoms with Crippen LogP contribution in [0.1, 0.15) is 24.2 Å². The van der Waals surface area contributed by atoms with E-state index in [0.717, 1.165) is 16.7 Å². The van der Waals surface area contributed by atoms with E-state index in [1.54, 1.807) is 12.1 Å². The Morgan fingerprint density at radius 1 is 1.12 bits per heavy atom. The standard InChI is InChI=1S/C20H23NO3S/c1-15(2)19-14-24-20(17-7-5-4-6-8-17)13-21(19)25(22,23)18-11-9-16(3)10-12-18/h4-12,19-20H,1,13-14H2,2-3H3/t19-,20-/m1/s1. The lowest BCUT2D eigenvalue weighted by atomic mass is 10.1. The first-order valence-electron chi connectivity index (χ1n) is 8.30. The molecule has 0 unspecified atom stereocenters. The smallest absolute Gasteiger partial charge is 0.243 e. The number of morpholine rings is 1. The lowest BCUT2D eigenvalue weighted by molar-refractivity contribution is -0.0242. The van der Waals surface area contributed by atoms with Crippen molar-refractivity contribution >= 4 is 10.0 Å². The minimum atomic E-state index is -3.62. The Kier molecular flexibility index (Phi) is 5.08. The lowest BCUT2D eigenvalue weighted by Crippen LogP contribution is -2.50. The highest BCUT2D eigenvalue weighted by Gasteiger charge is 2.38. The maximum Gasteiger partial charge on any atom is 0.243 e. The maximum atomic E-state index is 13.2. The highest BCUT2D eigenvalue weighted by atomic mass is 32.2. The predicted octanol–water partition coefficient (Wildman–Crippen LogP) is 3.70. The Morgan fingerprint density at radius 3 is 2.36 bits per heavy atom. The van der Waals surface area contributed by atoms with Gasteiger partial charge in [-0.15, -0.1) is 0 Å². The minimum absolute atomic E-state index is 0.276. The van der Waals surface area contributed by atoms with Crippen LogP contribution in [0.5, 0.6) is 0 Å². The van der Waals surface area contributed by atoms with Crippen molar-refractivity contribution in [3.8, 4) is 0 Å². The first kappa shape index (κ1) is 17.9. The molecular weight excluding hydrogens is 334 g/mol. The third-order valence-electron chi connectivity index (χ3n) is 4.52. The Bertz CT molecular complexity index is 844. The van der Waals surface area contributed by atoms with Gasteiger partial charge in [-0.2, -0.15) is 4.31 Å². The second-order valence-corrected chi connectivity index (χ2v) is 8.37. The van der Waals surface area contributed by atoms with Crippen molar-refractivity contribution in [2.75, 3.05) is 13.2 Å². The summed E-state index contributed by atoms with van der Waals surface area (Å²) in [5.74, 6) is 0. The molecular formula is C20H23NO3S. The minimum Gasteiger partial charge on any atom is -0.370 e. The van der Waals surface area contributed by atoms with E-state index >= 15 is 0 Å². The van der Waals surface area contributed by atoms with E-state index < -0.39 is 10.0 Å². The van der Waals surface area contributed by atoms with Gasteiger partial charge in [-0.3, -0.25) is 0 Å². The van der Waals surface area contributed by atoms with Crippen LogP contribution in [-0.4, -0.2) is 31.9 Å². The van der Waals surface area contributed by atoms with E-state index in [-0.39, 0.29) is 18.7 Å². The van der Waals surface area contributed by atoms with Gasteiger partial charge in [0, 0.05) is 6.54 Å². The summed E-state index contributed by atoms with van der Waals surface area (Å²) < 4.78 is 33.9. The van der Waals surface area contributed by atoms with Crippen molar-refractivity contribution in [1.82, 2.24) is 4.31 Å². The van der Waals surface area contributed by atoms with E-state index in [2.05, 4.69) is 6.58 Å². The van der Waals surface area contributed by atoms with Gasteiger partial charge in [0.1, 0.15) is 0 Å². The molecule has 0 aromatic heterocycles. The fraction of sp³-hybridized carbons (Fsp3) is 0.300. The van der Waals surface area contributed by atoms with Gasteiger partial charge in [0.25, 0.3) is 0 Å². The highest BCUT2D eigenvalue weighted by Crippen LogP contribution is 2.31. The summed E-state index contributed by atoms with van der Waals surface area (Å²) >= 11 is 0. The molecule has 2 aromatic carbocycles. The molecule has 0 bridgehead atoms. The molecule has 1 heterocycles. The Hall–Kier alpha value is -1.95. The number of aryl methyl sites for hydroxylation is 1. The second-order valence-electron chi connectivity index (χ2n) is 6.48. The first-order valence-corrected chi connectivity index (χ1v) is 9.74. The monoisotopic (exact) mass is 357 g/mol. The summed E-state index contributed by atoms with van der Waals surface area (Å²) in [6.07, 6.45) is -0.281. The van der Waals surface area contributed by atoms with Crippen molar-refractivity contribution in [1.29, 1.82) is 0 Å². The number of sulfonamides is 1. The van der Waals surface area contributed by atoms with E-state index in [4.69, 9.17) is 4.74 Å². The van der Waals surface area contributed by atoms with Crippen molar-refractivity contribution < 1.29 is 13.2 Å². The van der Waals surface area contributed by atoms with E-state index in [1.807, 2.05) is 56.3 Å². The summed E-state index contributed by atoms with van der Waals surface area (Å²) in [7, 11) is -3.62. The van der Waals surface area contributed by atoms with Crippen LogP contribution in [0.3, 0.4) is 0 Å². The second kappa shape index (κ2) is 7.12. The zero-order valence-corrected chi connectivity index (χ0v) is 15.4. The van der Waals surface area contributed by atoms with Gasteiger partial charge >= 0.3 is 0 Å². The van der Waals surface area contributed by atoms with Gasteiger partial charge in [-0.25, -0.2) is 8.42 Å².